The summed E-state index contributed by atoms with van der Waals surface area (Å²) < 4.78 is 26.5. The lowest BCUT2D eigenvalue weighted by Gasteiger charge is -2.21. The van der Waals surface area contributed by atoms with Crippen LogP contribution in [0.25, 0.3) is 0 Å². The molecule has 0 radical (unpaired) electrons. The monoisotopic (exact) mass is 360 g/mol. The Hall–Kier alpha value is -2.18. The minimum absolute atomic E-state index is 0.115. The number of nitrogens with one attached hydrogen (secondary N) is 1. The number of carbonyl (C=O) groups excluding carboxylic acids is 1. The highest BCUT2D eigenvalue weighted by molar-refractivity contribution is 7.89. The van der Waals surface area contributed by atoms with E-state index in [-0.39, 0.29) is 22.9 Å². The van der Waals surface area contributed by atoms with E-state index < -0.39 is 10.0 Å². The Bertz CT molecular complexity index is 833. The van der Waals surface area contributed by atoms with Gasteiger partial charge in [-0.3, -0.25) is 4.79 Å². The van der Waals surface area contributed by atoms with Crippen molar-refractivity contribution in [1.29, 1.82) is 0 Å². The quantitative estimate of drug-likeness (QED) is 0.860. The van der Waals surface area contributed by atoms with Crippen LogP contribution in [0.15, 0.2) is 59.5 Å². The molecule has 0 bridgehead atoms. The predicted octanol–water partition coefficient (Wildman–Crippen LogP) is 3.21. The van der Waals surface area contributed by atoms with Gasteiger partial charge in [0.2, 0.25) is 10.0 Å². The topological polar surface area (TPSA) is 66.5 Å². The van der Waals surface area contributed by atoms with E-state index in [0.717, 1.165) is 5.56 Å². The van der Waals surface area contributed by atoms with E-state index in [1.807, 2.05) is 37.3 Å². The summed E-state index contributed by atoms with van der Waals surface area (Å²) in [5, 5.41) is 2.90. The second kappa shape index (κ2) is 7.80. The van der Waals surface area contributed by atoms with Gasteiger partial charge in [-0.1, -0.05) is 36.4 Å². The summed E-state index contributed by atoms with van der Waals surface area (Å²) in [7, 11) is -2.09. The molecule has 0 aliphatic carbocycles. The Balaban J connectivity index is 2.22. The maximum Gasteiger partial charge on any atom is 0.251 e. The molecule has 1 atom stereocenters. The van der Waals surface area contributed by atoms with Crippen LogP contribution in [-0.2, 0) is 10.0 Å². The first-order valence-corrected chi connectivity index (χ1v) is 9.61. The third-order valence-corrected chi connectivity index (χ3v) is 6.18. The molecule has 2 rings (SSSR count). The first-order valence-electron chi connectivity index (χ1n) is 8.17. The first-order chi connectivity index (χ1) is 11.7. The summed E-state index contributed by atoms with van der Waals surface area (Å²) in [6.07, 6.45) is 0. The zero-order valence-electron chi connectivity index (χ0n) is 14.9. The van der Waals surface area contributed by atoms with Crippen LogP contribution < -0.4 is 5.32 Å². The van der Waals surface area contributed by atoms with Gasteiger partial charge in [-0.25, -0.2) is 8.42 Å². The SMILES string of the molecule is CC(NC(=O)c1cccc(S(=O)(=O)N(C)C(C)C)c1)c1ccccc1. The summed E-state index contributed by atoms with van der Waals surface area (Å²) in [4.78, 5) is 12.6. The second-order valence-electron chi connectivity index (χ2n) is 6.25. The maximum absolute atomic E-state index is 12.6. The van der Waals surface area contributed by atoms with Gasteiger partial charge in [0.05, 0.1) is 10.9 Å². The number of sulfonamides is 1. The van der Waals surface area contributed by atoms with Crippen LogP contribution >= 0.6 is 0 Å². The molecule has 6 heteroatoms. The minimum Gasteiger partial charge on any atom is -0.346 e. The van der Waals surface area contributed by atoms with Crippen LogP contribution in [0.4, 0.5) is 0 Å². The summed E-state index contributed by atoms with van der Waals surface area (Å²) >= 11 is 0. The van der Waals surface area contributed by atoms with Gasteiger partial charge in [0, 0.05) is 18.7 Å². The van der Waals surface area contributed by atoms with E-state index >= 15 is 0 Å². The normalized spacial score (nSPS) is 13.0. The van der Waals surface area contributed by atoms with Gasteiger partial charge in [-0.15, -0.1) is 0 Å². The third-order valence-electron chi connectivity index (χ3n) is 4.15. The molecule has 1 unspecified atom stereocenters. The maximum atomic E-state index is 12.6. The van der Waals surface area contributed by atoms with Gasteiger partial charge in [-0.05, 0) is 44.5 Å². The van der Waals surface area contributed by atoms with E-state index in [9.17, 15) is 13.2 Å². The van der Waals surface area contributed by atoms with E-state index in [1.54, 1.807) is 26.0 Å². The minimum atomic E-state index is -3.62. The number of nitrogens with zero attached hydrogens (tertiary/aromatic N) is 1. The highest BCUT2D eigenvalue weighted by Crippen LogP contribution is 2.19. The Morgan fingerprint density at radius 3 is 2.24 bits per heavy atom. The van der Waals surface area contributed by atoms with Crippen LogP contribution in [0.3, 0.4) is 0 Å². The number of benzene rings is 2. The van der Waals surface area contributed by atoms with Crippen LogP contribution in [-0.4, -0.2) is 31.7 Å². The molecule has 0 aliphatic rings. The molecule has 0 saturated carbocycles. The van der Waals surface area contributed by atoms with Gasteiger partial charge in [-0.2, -0.15) is 4.31 Å². The molecule has 5 nitrogen and oxygen atoms in total. The molecule has 134 valence electrons. The van der Waals surface area contributed by atoms with Gasteiger partial charge in [0.1, 0.15) is 0 Å². The Kier molecular flexibility index (Phi) is 5.98. The van der Waals surface area contributed by atoms with Crippen molar-refractivity contribution >= 4 is 15.9 Å². The van der Waals surface area contributed by atoms with E-state index in [2.05, 4.69) is 5.32 Å². The highest BCUT2D eigenvalue weighted by Gasteiger charge is 2.24. The van der Waals surface area contributed by atoms with Gasteiger partial charge in [0.15, 0.2) is 0 Å². The van der Waals surface area contributed by atoms with E-state index in [0.29, 0.717) is 5.56 Å². The van der Waals surface area contributed by atoms with Crippen molar-refractivity contribution in [2.24, 2.45) is 0 Å². The molecule has 0 aliphatic heterocycles. The van der Waals surface area contributed by atoms with Crippen molar-refractivity contribution in [2.45, 2.75) is 37.8 Å². The fourth-order valence-corrected chi connectivity index (χ4v) is 3.76. The summed E-state index contributed by atoms with van der Waals surface area (Å²) in [5.41, 5.74) is 1.31. The molecule has 25 heavy (non-hydrogen) atoms. The molecular formula is C19H24N2O3S. The predicted molar refractivity (Wildman–Crippen MR) is 98.9 cm³/mol. The van der Waals surface area contributed by atoms with Crippen LogP contribution in [0.2, 0.25) is 0 Å². The number of amides is 1. The van der Waals surface area contributed by atoms with Gasteiger partial charge in [0.25, 0.3) is 5.91 Å². The molecule has 0 saturated heterocycles. The average Bonchev–Trinajstić information content (AvgIpc) is 2.61. The molecule has 2 aromatic rings. The van der Waals surface area contributed by atoms with Crippen molar-refractivity contribution in [3.05, 3.63) is 65.7 Å². The largest absolute Gasteiger partial charge is 0.346 e. The lowest BCUT2D eigenvalue weighted by Crippen LogP contribution is -2.33. The third kappa shape index (κ3) is 4.46. The van der Waals surface area contributed by atoms with Gasteiger partial charge < -0.3 is 5.32 Å². The van der Waals surface area contributed by atoms with Crippen LogP contribution in [0, 0.1) is 0 Å². The molecule has 2 aromatic carbocycles. The number of rotatable bonds is 6. The lowest BCUT2D eigenvalue weighted by atomic mass is 10.1. The second-order valence-corrected chi connectivity index (χ2v) is 8.25. The lowest BCUT2D eigenvalue weighted by molar-refractivity contribution is 0.0939. The average molecular weight is 360 g/mol. The fourth-order valence-electron chi connectivity index (χ4n) is 2.35. The zero-order valence-corrected chi connectivity index (χ0v) is 15.7. The zero-order chi connectivity index (χ0) is 18.6. The molecule has 0 fully saturated rings. The van der Waals surface area contributed by atoms with Gasteiger partial charge >= 0.3 is 0 Å². The Morgan fingerprint density at radius 2 is 1.64 bits per heavy atom. The van der Waals surface area contributed by atoms with Crippen LogP contribution in [0.1, 0.15) is 42.7 Å². The number of hydrogen-bond donors (Lipinski definition) is 1. The van der Waals surface area contributed by atoms with Crippen LogP contribution in [0.5, 0.6) is 0 Å². The fraction of sp³-hybridized carbons (Fsp3) is 0.316. The van der Waals surface area contributed by atoms with Crippen molar-refractivity contribution in [3.8, 4) is 0 Å². The molecule has 1 amide bonds. The molecule has 0 heterocycles. The molecule has 1 N–H and O–H groups in total. The number of hydrogen-bond acceptors (Lipinski definition) is 3. The van der Waals surface area contributed by atoms with Crippen molar-refractivity contribution in [2.75, 3.05) is 7.05 Å². The Labute approximate surface area is 149 Å². The summed E-state index contributed by atoms with van der Waals surface area (Å²) in [6.45, 7) is 5.49. The molecular weight excluding hydrogens is 336 g/mol. The van der Waals surface area contributed by atoms with E-state index in [4.69, 9.17) is 0 Å². The van der Waals surface area contributed by atoms with Crippen molar-refractivity contribution in [3.63, 3.8) is 0 Å². The molecule has 0 spiro atoms. The standard InChI is InChI=1S/C19H24N2O3S/c1-14(2)21(4)25(23,24)18-12-8-11-17(13-18)19(22)20-15(3)16-9-6-5-7-10-16/h5-15H,1-4H3,(H,20,22). The smallest absolute Gasteiger partial charge is 0.251 e. The first kappa shape index (κ1) is 19.1. The Morgan fingerprint density at radius 1 is 1.00 bits per heavy atom. The summed E-state index contributed by atoms with van der Waals surface area (Å²) in [5.74, 6) is -0.305. The van der Waals surface area contributed by atoms with Crippen molar-refractivity contribution < 1.29 is 13.2 Å². The molecule has 0 aromatic heterocycles. The highest BCUT2D eigenvalue weighted by atomic mass is 32.2. The van der Waals surface area contributed by atoms with Crippen molar-refractivity contribution in [1.82, 2.24) is 9.62 Å². The summed E-state index contributed by atoms with van der Waals surface area (Å²) in [6, 6.07) is 15.4. The van der Waals surface area contributed by atoms with E-state index in [1.165, 1.54) is 23.5 Å². The number of carbonyl (C=O) groups is 1.